The van der Waals surface area contributed by atoms with E-state index in [9.17, 15) is 4.79 Å². The fourth-order valence-corrected chi connectivity index (χ4v) is 3.15. The predicted octanol–water partition coefficient (Wildman–Crippen LogP) is 3.61. The number of hydrogen-bond donors (Lipinski definition) is 1. The zero-order valence-corrected chi connectivity index (χ0v) is 14.6. The van der Waals surface area contributed by atoms with Crippen LogP contribution in [0.25, 0.3) is 10.2 Å². The molecule has 0 aliphatic heterocycles. The first-order chi connectivity index (χ1) is 11.5. The van der Waals surface area contributed by atoms with Gasteiger partial charge in [-0.2, -0.15) is 0 Å². The van der Waals surface area contributed by atoms with E-state index in [0.717, 1.165) is 15.8 Å². The Morgan fingerprint density at radius 2 is 2.17 bits per heavy atom. The summed E-state index contributed by atoms with van der Waals surface area (Å²) in [5.41, 5.74) is 1.57. The van der Waals surface area contributed by atoms with Crippen LogP contribution in [0.5, 0.6) is 0 Å². The standard InChI is InChI=1S/C17H18N4O2S/c1-4-23-15(22)13-14-12(7-9-24-14)19-16(20-13)21-17(2,3)11-6-5-8-18-10-11/h5-10H,4H2,1-3H3,(H,19,20,21). The molecule has 3 heterocycles. The van der Waals surface area contributed by atoms with Gasteiger partial charge in [0.05, 0.1) is 22.4 Å². The van der Waals surface area contributed by atoms with Crippen LogP contribution in [0.1, 0.15) is 36.8 Å². The summed E-state index contributed by atoms with van der Waals surface area (Å²) in [6.07, 6.45) is 3.52. The van der Waals surface area contributed by atoms with Crippen molar-refractivity contribution >= 4 is 33.5 Å². The van der Waals surface area contributed by atoms with E-state index >= 15 is 0 Å². The number of nitrogens with zero attached hydrogens (tertiary/aromatic N) is 3. The van der Waals surface area contributed by atoms with Crippen LogP contribution >= 0.6 is 11.3 Å². The average molecular weight is 342 g/mol. The lowest BCUT2D eigenvalue weighted by Crippen LogP contribution is -2.29. The smallest absolute Gasteiger partial charge is 0.358 e. The van der Waals surface area contributed by atoms with Crippen molar-refractivity contribution in [3.63, 3.8) is 0 Å². The Morgan fingerprint density at radius 3 is 2.88 bits per heavy atom. The van der Waals surface area contributed by atoms with Crippen molar-refractivity contribution < 1.29 is 9.53 Å². The fraction of sp³-hybridized carbons (Fsp3) is 0.294. The lowest BCUT2D eigenvalue weighted by molar-refractivity contribution is 0.0522. The molecule has 3 rings (SSSR count). The third-order valence-electron chi connectivity index (χ3n) is 3.58. The van der Waals surface area contributed by atoms with Crippen LogP contribution in [0, 0.1) is 0 Å². The molecule has 0 saturated heterocycles. The number of ether oxygens (including phenoxy) is 1. The summed E-state index contributed by atoms with van der Waals surface area (Å²) in [7, 11) is 0. The Hall–Kier alpha value is -2.54. The number of rotatable bonds is 5. The Labute approximate surface area is 143 Å². The molecule has 24 heavy (non-hydrogen) atoms. The van der Waals surface area contributed by atoms with Crippen LogP contribution < -0.4 is 5.32 Å². The second kappa shape index (κ2) is 6.52. The number of hydrogen-bond acceptors (Lipinski definition) is 7. The molecule has 0 bridgehead atoms. The summed E-state index contributed by atoms with van der Waals surface area (Å²) in [6, 6.07) is 5.73. The topological polar surface area (TPSA) is 77.0 Å². The largest absolute Gasteiger partial charge is 0.461 e. The highest BCUT2D eigenvalue weighted by atomic mass is 32.1. The average Bonchev–Trinajstić information content (AvgIpc) is 3.03. The van der Waals surface area contributed by atoms with Gasteiger partial charge >= 0.3 is 5.97 Å². The zero-order chi connectivity index (χ0) is 17.2. The summed E-state index contributed by atoms with van der Waals surface area (Å²) in [5, 5.41) is 5.18. The van der Waals surface area contributed by atoms with E-state index in [1.165, 1.54) is 11.3 Å². The van der Waals surface area contributed by atoms with Gasteiger partial charge in [0.1, 0.15) is 0 Å². The second-order valence-corrected chi connectivity index (χ2v) is 6.66. The highest BCUT2D eigenvalue weighted by Crippen LogP contribution is 2.27. The number of anilines is 1. The summed E-state index contributed by atoms with van der Waals surface area (Å²) in [4.78, 5) is 25.3. The van der Waals surface area contributed by atoms with Gasteiger partial charge in [-0.25, -0.2) is 14.8 Å². The summed E-state index contributed by atoms with van der Waals surface area (Å²) in [5.74, 6) is -0.0487. The molecule has 7 heteroatoms. The maximum absolute atomic E-state index is 12.2. The van der Waals surface area contributed by atoms with Crippen molar-refractivity contribution in [1.82, 2.24) is 15.0 Å². The van der Waals surface area contributed by atoms with Gasteiger partial charge in [0.15, 0.2) is 5.69 Å². The summed E-state index contributed by atoms with van der Waals surface area (Å²) >= 11 is 1.43. The lowest BCUT2D eigenvalue weighted by atomic mass is 9.96. The molecule has 1 N–H and O–H groups in total. The molecule has 0 unspecified atom stereocenters. The quantitative estimate of drug-likeness (QED) is 0.714. The van der Waals surface area contributed by atoms with Gasteiger partial charge in [-0.1, -0.05) is 6.07 Å². The Balaban J connectivity index is 1.99. The number of fused-ring (bicyclic) bond motifs is 1. The Bertz CT molecular complexity index is 861. The van der Waals surface area contributed by atoms with Crippen LogP contribution in [0.15, 0.2) is 36.0 Å². The first-order valence-electron chi connectivity index (χ1n) is 7.62. The molecule has 6 nitrogen and oxygen atoms in total. The normalized spacial score (nSPS) is 11.5. The van der Waals surface area contributed by atoms with Crippen LogP contribution in [-0.2, 0) is 10.3 Å². The van der Waals surface area contributed by atoms with Crippen molar-refractivity contribution in [2.75, 3.05) is 11.9 Å². The minimum absolute atomic E-state index is 0.293. The number of esters is 1. The van der Waals surface area contributed by atoms with Gasteiger partial charge in [0, 0.05) is 12.4 Å². The third kappa shape index (κ3) is 3.21. The molecular weight excluding hydrogens is 324 g/mol. The second-order valence-electron chi connectivity index (χ2n) is 5.74. The van der Waals surface area contributed by atoms with Gasteiger partial charge in [-0.05, 0) is 43.8 Å². The molecule has 0 aliphatic rings. The van der Waals surface area contributed by atoms with E-state index in [0.29, 0.717) is 18.2 Å². The van der Waals surface area contributed by atoms with E-state index < -0.39 is 11.5 Å². The number of nitrogens with one attached hydrogen (secondary N) is 1. The zero-order valence-electron chi connectivity index (χ0n) is 13.7. The number of pyridine rings is 1. The van der Waals surface area contributed by atoms with E-state index in [-0.39, 0.29) is 0 Å². The Kier molecular flexibility index (Phi) is 4.44. The van der Waals surface area contributed by atoms with Crippen molar-refractivity contribution in [2.24, 2.45) is 0 Å². The molecule has 0 atom stereocenters. The molecule has 0 saturated carbocycles. The fourth-order valence-electron chi connectivity index (χ4n) is 2.34. The number of carbonyl (C=O) groups is 1. The monoisotopic (exact) mass is 342 g/mol. The number of aromatic nitrogens is 3. The van der Waals surface area contributed by atoms with Crippen molar-refractivity contribution in [2.45, 2.75) is 26.3 Å². The maximum atomic E-state index is 12.2. The van der Waals surface area contributed by atoms with Crippen molar-refractivity contribution in [1.29, 1.82) is 0 Å². The molecule has 0 spiro atoms. The molecular formula is C17H18N4O2S. The van der Waals surface area contributed by atoms with Gasteiger partial charge in [0.2, 0.25) is 5.95 Å². The minimum Gasteiger partial charge on any atom is -0.461 e. The lowest BCUT2D eigenvalue weighted by Gasteiger charge is -2.26. The first kappa shape index (κ1) is 16.3. The van der Waals surface area contributed by atoms with Crippen LogP contribution in [0.3, 0.4) is 0 Å². The number of carbonyl (C=O) groups excluding carboxylic acids is 1. The highest BCUT2D eigenvalue weighted by molar-refractivity contribution is 7.17. The molecule has 3 aromatic heterocycles. The number of thiophene rings is 1. The van der Waals surface area contributed by atoms with E-state index in [4.69, 9.17) is 4.74 Å². The van der Waals surface area contributed by atoms with Crippen LogP contribution in [0.2, 0.25) is 0 Å². The molecule has 0 aliphatic carbocycles. The summed E-state index contributed by atoms with van der Waals surface area (Å²) < 4.78 is 5.85. The predicted molar refractivity (Wildman–Crippen MR) is 94.3 cm³/mol. The molecule has 3 aromatic rings. The minimum atomic E-state index is -0.441. The van der Waals surface area contributed by atoms with Gasteiger partial charge in [-0.3, -0.25) is 4.98 Å². The van der Waals surface area contributed by atoms with Gasteiger partial charge in [-0.15, -0.1) is 11.3 Å². The molecule has 0 fully saturated rings. The SMILES string of the molecule is CCOC(=O)c1nc(NC(C)(C)c2cccnc2)nc2ccsc12. The molecule has 0 amide bonds. The molecule has 124 valence electrons. The molecule has 0 aromatic carbocycles. The van der Waals surface area contributed by atoms with Gasteiger partial charge < -0.3 is 10.1 Å². The van der Waals surface area contributed by atoms with Crippen molar-refractivity contribution in [3.8, 4) is 0 Å². The van der Waals surface area contributed by atoms with Crippen LogP contribution in [-0.4, -0.2) is 27.5 Å². The van der Waals surface area contributed by atoms with E-state index in [1.54, 1.807) is 19.3 Å². The Morgan fingerprint density at radius 1 is 1.33 bits per heavy atom. The molecule has 0 radical (unpaired) electrons. The first-order valence-corrected chi connectivity index (χ1v) is 8.50. The van der Waals surface area contributed by atoms with E-state index in [1.807, 2.05) is 37.4 Å². The van der Waals surface area contributed by atoms with Gasteiger partial charge in [0.25, 0.3) is 0 Å². The van der Waals surface area contributed by atoms with Crippen molar-refractivity contribution in [3.05, 3.63) is 47.2 Å². The van der Waals surface area contributed by atoms with E-state index in [2.05, 4.69) is 20.3 Å². The summed E-state index contributed by atoms with van der Waals surface area (Å²) in [6.45, 7) is 6.10. The maximum Gasteiger partial charge on any atom is 0.358 e. The highest BCUT2D eigenvalue weighted by Gasteiger charge is 2.24. The van der Waals surface area contributed by atoms with Crippen LogP contribution in [0.4, 0.5) is 5.95 Å². The third-order valence-corrected chi connectivity index (χ3v) is 4.49.